The first-order valence-corrected chi connectivity index (χ1v) is 10.3. The molecule has 6 heteroatoms. The number of fused-ring (bicyclic) bond motifs is 1. The molecule has 0 bridgehead atoms. The van der Waals surface area contributed by atoms with Crippen LogP contribution in [0.5, 0.6) is 5.75 Å². The van der Waals surface area contributed by atoms with Crippen molar-refractivity contribution in [2.45, 2.75) is 27.3 Å². The number of para-hydroxylation sites is 1. The van der Waals surface area contributed by atoms with E-state index in [0.29, 0.717) is 35.4 Å². The molecule has 2 heterocycles. The van der Waals surface area contributed by atoms with Crippen molar-refractivity contribution in [3.05, 3.63) is 77.2 Å². The van der Waals surface area contributed by atoms with Gasteiger partial charge < -0.3 is 9.15 Å². The summed E-state index contributed by atoms with van der Waals surface area (Å²) in [6, 6.07) is 17.6. The van der Waals surface area contributed by atoms with Crippen molar-refractivity contribution < 1.29 is 13.9 Å². The largest absolute Gasteiger partial charge is 0.492 e. The van der Waals surface area contributed by atoms with E-state index in [0.717, 1.165) is 21.5 Å². The Bertz CT molecular complexity index is 1150. The molecule has 0 aliphatic carbocycles. The number of ether oxygens (including phenoxy) is 1. The van der Waals surface area contributed by atoms with Gasteiger partial charge in [-0.05, 0) is 44.5 Å². The highest BCUT2D eigenvalue weighted by molar-refractivity contribution is 7.22. The van der Waals surface area contributed by atoms with Gasteiger partial charge in [-0.2, -0.15) is 0 Å². The normalized spacial score (nSPS) is 11.0. The molecule has 0 spiro atoms. The van der Waals surface area contributed by atoms with Gasteiger partial charge in [0.1, 0.15) is 22.8 Å². The second-order valence-corrected chi connectivity index (χ2v) is 7.75. The number of thiazole rings is 1. The molecule has 0 unspecified atom stereocenters. The van der Waals surface area contributed by atoms with Crippen molar-refractivity contribution in [2.24, 2.45) is 0 Å². The minimum absolute atomic E-state index is 0.125. The molecule has 2 aromatic carbocycles. The average Bonchev–Trinajstić information content (AvgIpc) is 3.30. The molecule has 0 saturated heterocycles. The van der Waals surface area contributed by atoms with Gasteiger partial charge >= 0.3 is 0 Å². The molecule has 0 fully saturated rings. The summed E-state index contributed by atoms with van der Waals surface area (Å²) >= 11 is 1.48. The van der Waals surface area contributed by atoms with Crippen molar-refractivity contribution in [3.63, 3.8) is 0 Å². The molecule has 5 nitrogen and oxygen atoms in total. The maximum Gasteiger partial charge on any atom is 0.263 e. The third-order valence-corrected chi connectivity index (χ3v) is 5.65. The fourth-order valence-corrected chi connectivity index (χ4v) is 4.26. The lowest BCUT2D eigenvalue weighted by atomic mass is 10.2. The van der Waals surface area contributed by atoms with Crippen LogP contribution in [0.2, 0.25) is 0 Å². The van der Waals surface area contributed by atoms with Crippen LogP contribution in [0.1, 0.15) is 34.4 Å². The van der Waals surface area contributed by atoms with E-state index in [-0.39, 0.29) is 5.91 Å². The molecule has 0 atom stereocenters. The second kappa shape index (κ2) is 8.09. The molecule has 0 N–H and O–H groups in total. The second-order valence-electron chi connectivity index (χ2n) is 6.74. The zero-order valence-electron chi connectivity index (χ0n) is 16.6. The Labute approximate surface area is 173 Å². The van der Waals surface area contributed by atoms with E-state index in [2.05, 4.69) is 0 Å². The van der Waals surface area contributed by atoms with Crippen molar-refractivity contribution in [1.29, 1.82) is 0 Å². The molecule has 0 aliphatic rings. The van der Waals surface area contributed by atoms with E-state index in [9.17, 15) is 4.79 Å². The monoisotopic (exact) mass is 406 g/mol. The minimum Gasteiger partial charge on any atom is -0.492 e. The first kappa shape index (κ1) is 19.2. The molecule has 0 aliphatic heterocycles. The lowest BCUT2D eigenvalue weighted by Crippen LogP contribution is -2.30. The molecule has 4 aromatic rings. The van der Waals surface area contributed by atoms with Crippen LogP contribution in [0, 0.1) is 13.8 Å². The Kier molecular flexibility index (Phi) is 5.36. The summed E-state index contributed by atoms with van der Waals surface area (Å²) in [5, 5.41) is 0.638. The van der Waals surface area contributed by atoms with Crippen LogP contribution in [-0.2, 0) is 6.54 Å². The van der Waals surface area contributed by atoms with Crippen LogP contribution < -0.4 is 9.64 Å². The van der Waals surface area contributed by atoms with Gasteiger partial charge in [-0.1, -0.05) is 47.7 Å². The summed E-state index contributed by atoms with van der Waals surface area (Å²) in [4.78, 5) is 20.0. The van der Waals surface area contributed by atoms with Crippen LogP contribution in [0.15, 0.2) is 59.0 Å². The smallest absolute Gasteiger partial charge is 0.263 e. The van der Waals surface area contributed by atoms with Gasteiger partial charge in [0.25, 0.3) is 5.91 Å². The van der Waals surface area contributed by atoms with Crippen molar-refractivity contribution in [2.75, 3.05) is 11.5 Å². The summed E-state index contributed by atoms with van der Waals surface area (Å²) < 4.78 is 12.3. The van der Waals surface area contributed by atoms with Crippen LogP contribution in [0.3, 0.4) is 0 Å². The molecule has 0 radical (unpaired) electrons. The first-order chi connectivity index (χ1) is 14.1. The van der Waals surface area contributed by atoms with Crippen LogP contribution >= 0.6 is 11.3 Å². The fraction of sp³-hybridized carbons (Fsp3) is 0.217. The minimum atomic E-state index is -0.125. The molecular weight excluding hydrogens is 384 g/mol. The van der Waals surface area contributed by atoms with Gasteiger partial charge in [0.2, 0.25) is 0 Å². The summed E-state index contributed by atoms with van der Waals surface area (Å²) in [5.74, 6) is 1.94. The predicted octanol–water partition coefficient (Wildman–Crippen LogP) is 5.75. The SMILES string of the molecule is CCOc1cccc2sc(N(Cc3ccccc3)C(=O)c3cc(C)oc3C)nc12. The highest BCUT2D eigenvalue weighted by atomic mass is 32.1. The van der Waals surface area contributed by atoms with Crippen molar-refractivity contribution >= 4 is 32.6 Å². The molecule has 2 aromatic heterocycles. The third kappa shape index (κ3) is 3.89. The number of carbonyl (C=O) groups excluding carboxylic acids is 1. The van der Waals surface area contributed by atoms with Gasteiger partial charge in [-0.15, -0.1) is 0 Å². The zero-order chi connectivity index (χ0) is 20.4. The molecular formula is C23H22N2O3S. The Balaban J connectivity index is 1.79. The number of hydrogen-bond acceptors (Lipinski definition) is 5. The standard InChI is InChI=1S/C23H22N2O3S/c1-4-27-19-11-8-12-20-21(19)24-23(29-20)25(14-17-9-6-5-7-10-17)22(26)18-13-15(2)28-16(18)3/h5-13H,4,14H2,1-3H3. The quantitative estimate of drug-likeness (QED) is 0.409. The number of anilines is 1. The number of nitrogens with zero attached hydrogens (tertiary/aromatic N) is 2. The van der Waals surface area contributed by atoms with E-state index < -0.39 is 0 Å². The van der Waals surface area contributed by atoms with Crippen LogP contribution in [-0.4, -0.2) is 17.5 Å². The maximum absolute atomic E-state index is 13.5. The highest BCUT2D eigenvalue weighted by Gasteiger charge is 2.25. The number of furan rings is 1. The molecule has 4 rings (SSSR count). The summed E-state index contributed by atoms with van der Waals surface area (Å²) in [6.45, 7) is 6.59. The van der Waals surface area contributed by atoms with Gasteiger partial charge in [0.05, 0.1) is 23.4 Å². The average molecular weight is 407 g/mol. The zero-order valence-corrected chi connectivity index (χ0v) is 17.5. The van der Waals surface area contributed by atoms with Gasteiger partial charge in [0, 0.05) is 0 Å². The highest BCUT2D eigenvalue weighted by Crippen LogP contribution is 2.35. The lowest BCUT2D eigenvalue weighted by molar-refractivity contribution is 0.0983. The molecule has 0 saturated carbocycles. The predicted molar refractivity (Wildman–Crippen MR) is 116 cm³/mol. The Hall–Kier alpha value is -3.12. The Morgan fingerprint density at radius 1 is 1.14 bits per heavy atom. The summed E-state index contributed by atoms with van der Waals surface area (Å²) in [6.07, 6.45) is 0. The molecule has 1 amide bonds. The number of benzene rings is 2. The van der Waals surface area contributed by atoms with Gasteiger partial charge in [-0.3, -0.25) is 9.69 Å². The van der Waals surface area contributed by atoms with Gasteiger partial charge in [-0.25, -0.2) is 4.98 Å². The van der Waals surface area contributed by atoms with Crippen molar-refractivity contribution in [3.8, 4) is 5.75 Å². The van der Waals surface area contributed by atoms with E-state index in [1.165, 1.54) is 11.3 Å². The van der Waals surface area contributed by atoms with Crippen LogP contribution in [0.4, 0.5) is 5.13 Å². The van der Waals surface area contributed by atoms with Crippen LogP contribution in [0.25, 0.3) is 10.2 Å². The molecule has 148 valence electrons. The number of hydrogen-bond donors (Lipinski definition) is 0. The Morgan fingerprint density at radius 3 is 2.62 bits per heavy atom. The first-order valence-electron chi connectivity index (χ1n) is 9.52. The number of rotatable bonds is 6. The van der Waals surface area contributed by atoms with Crippen molar-refractivity contribution in [1.82, 2.24) is 4.98 Å². The topological polar surface area (TPSA) is 55.6 Å². The number of aryl methyl sites for hydroxylation is 2. The van der Waals surface area contributed by atoms with E-state index in [1.807, 2.05) is 69.3 Å². The van der Waals surface area contributed by atoms with E-state index in [4.69, 9.17) is 14.1 Å². The lowest BCUT2D eigenvalue weighted by Gasteiger charge is -2.19. The fourth-order valence-electron chi connectivity index (χ4n) is 3.28. The maximum atomic E-state index is 13.5. The number of amides is 1. The number of carbonyl (C=O) groups is 1. The third-order valence-electron chi connectivity index (χ3n) is 4.60. The Morgan fingerprint density at radius 2 is 1.93 bits per heavy atom. The van der Waals surface area contributed by atoms with Gasteiger partial charge in [0.15, 0.2) is 5.13 Å². The van der Waals surface area contributed by atoms with E-state index in [1.54, 1.807) is 11.0 Å². The molecule has 29 heavy (non-hydrogen) atoms. The summed E-state index contributed by atoms with van der Waals surface area (Å²) in [5.41, 5.74) is 2.37. The summed E-state index contributed by atoms with van der Waals surface area (Å²) in [7, 11) is 0. The number of aromatic nitrogens is 1. The van der Waals surface area contributed by atoms with E-state index >= 15 is 0 Å².